The van der Waals surface area contributed by atoms with Crippen LogP contribution in [0.25, 0.3) is 0 Å². The topological polar surface area (TPSA) is 127 Å². The van der Waals surface area contributed by atoms with Crippen molar-refractivity contribution in [1.29, 1.82) is 0 Å². The third kappa shape index (κ3) is 5.34. The third-order valence-corrected chi connectivity index (χ3v) is 6.28. The Kier molecular flexibility index (Phi) is 6.96. The maximum Gasteiger partial charge on any atom is 0.305 e. The number of furan rings is 1. The largest absolute Gasteiger partial charge is 0.486 e. The Bertz CT molecular complexity index is 1240. The van der Waals surface area contributed by atoms with E-state index in [1.54, 1.807) is 32.0 Å². The van der Waals surface area contributed by atoms with Crippen LogP contribution in [-0.4, -0.2) is 27.3 Å². The van der Waals surface area contributed by atoms with Gasteiger partial charge in [-0.05, 0) is 68.4 Å². The van der Waals surface area contributed by atoms with Crippen molar-refractivity contribution in [3.8, 4) is 5.75 Å². The van der Waals surface area contributed by atoms with E-state index in [0.717, 1.165) is 0 Å². The highest BCUT2D eigenvalue weighted by atomic mass is 32.2. The van der Waals surface area contributed by atoms with Gasteiger partial charge in [-0.1, -0.05) is 18.2 Å². The Morgan fingerprint density at radius 3 is 2.34 bits per heavy atom. The Morgan fingerprint density at radius 1 is 0.969 bits per heavy atom. The van der Waals surface area contributed by atoms with Crippen LogP contribution in [-0.2, 0) is 16.6 Å². The predicted molar refractivity (Wildman–Crippen MR) is 117 cm³/mol. The summed E-state index contributed by atoms with van der Waals surface area (Å²) in [6.45, 7) is 3.48. The van der Waals surface area contributed by atoms with Crippen LogP contribution in [0, 0.1) is 13.8 Å². The number of hydrogen-bond acceptors (Lipinski definition) is 6. The van der Waals surface area contributed by atoms with Crippen molar-refractivity contribution in [3.63, 3.8) is 0 Å². The molecule has 0 aliphatic rings. The molecule has 0 spiro atoms. The van der Waals surface area contributed by atoms with Crippen molar-refractivity contribution < 1.29 is 27.2 Å². The highest BCUT2D eigenvalue weighted by molar-refractivity contribution is 7.89. The molecule has 10 heteroatoms. The van der Waals surface area contributed by atoms with E-state index in [4.69, 9.17) is 9.15 Å². The molecule has 168 valence electrons. The highest BCUT2D eigenvalue weighted by Gasteiger charge is 2.20. The van der Waals surface area contributed by atoms with Gasteiger partial charge in [0.05, 0.1) is 4.90 Å². The molecule has 9 nitrogen and oxygen atoms in total. The van der Waals surface area contributed by atoms with Crippen LogP contribution in [0.15, 0.2) is 63.9 Å². The predicted octanol–water partition coefficient (Wildman–Crippen LogP) is 2.46. The molecule has 2 amide bonds. The van der Waals surface area contributed by atoms with E-state index >= 15 is 0 Å². The summed E-state index contributed by atoms with van der Waals surface area (Å²) in [5.41, 5.74) is 5.74. The molecular weight excluding hydrogens is 434 g/mol. The van der Waals surface area contributed by atoms with E-state index in [-0.39, 0.29) is 22.8 Å². The highest BCUT2D eigenvalue weighted by Crippen LogP contribution is 2.21. The molecule has 3 N–H and O–H groups in total. The summed E-state index contributed by atoms with van der Waals surface area (Å²) >= 11 is 0. The lowest BCUT2D eigenvalue weighted by molar-refractivity contribution is 0.0828. The first kappa shape index (κ1) is 23.0. The summed E-state index contributed by atoms with van der Waals surface area (Å²) in [6, 6.07) is 15.0. The van der Waals surface area contributed by atoms with Crippen molar-refractivity contribution in [2.75, 3.05) is 7.05 Å². The molecule has 3 rings (SSSR count). The molecule has 0 atom stereocenters. The molecule has 0 unspecified atom stereocenters. The Morgan fingerprint density at radius 2 is 1.66 bits per heavy atom. The zero-order valence-electron chi connectivity index (χ0n) is 17.8. The van der Waals surface area contributed by atoms with E-state index in [2.05, 4.69) is 15.6 Å². The fourth-order valence-electron chi connectivity index (χ4n) is 2.84. The minimum atomic E-state index is -3.75. The van der Waals surface area contributed by atoms with Crippen molar-refractivity contribution in [2.24, 2.45) is 0 Å². The van der Waals surface area contributed by atoms with Gasteiger partial charge in [-0.15, -0.1) is 0 Å². The first-order valence-electron chi connectivity index (χ1n) is 9.63. The van der Waals surface area contributed by atoms with Gasteiger partial charge in [0.15, 0.2) is 5.76 Å². The molecule has 0 bridgehead atoms. The lowest BCUT2D eigenvalue weighted by Gasteiger charge is -2.12. The van der Waals surface area contributed by atoms with Gasteiger partial charge in [0.1, 0.15) is 18.1 Å². The molecule has 0 aliphatic heterocycles. The second kappa shape index (κ2) is 9.67. The number of carbonyl (C=O) groups is 2. The molecule has 0 saturated carbocycles. The Labute approximate surface area is 185 Å². The van der Waals surface area contributed by atoms with Gasteiger partial charge in [-0.25, -0.2) is 13.1 Å². The summed E-state index contributed by atoms with van der Waals surface area (Å²) in [7, 11) is -2.46. The summed E-state index contributed by atoms with van der Waals surface area (Å²) < 4.78 is 37.7. The molecule has 2 aromatic carbocycles. The number of rotatable bonds is 7. The van der Waals surface area contributed by atoms with E-state index in [0.29, 0.717) is 22.6 Å². The maximum absolute atomic E-state index is 12.5. The molecule has 1 aromatic heterocycles. The zero-order valence-corrected chi connectivity index (χ0v) is 18.6. The smallest absolute Gasteiger partial charge is 0.305 e. The second-order valence-electron chi connectivity index (χ2n) is 6.90. The fraction of sp³-hybridized carbons (Fsp3) is 0.182. The van der Waals surface area contributed by atoms with Gasteiger partial charge in [0, 0.05) is 5.56 Å². The number of para-hydroxylation sites is 1. The Hall–Kier alpha value is -3.63. The van der Waals surface area contributed by atoms with E-state index in [9.17, 15) is 18.0 Å². The van der Waals surface area contributed by atoms with Crippen LogP contribution >= 0.6 is 0 Å². The molecule has 3 aromatic rings. The van der Waals surface area contributed by atoms with Gasteiger partial charge >= 0.3 is 5.91 Å². The summed E-state index contributed by atoms with van der Waals surface area (Å²) in [6.07, 6.45) is 0. The quantitative estimate of drug-likeness (QED) is 0.468. The normalized spacial score (nSPS) is 11.1. The number of amides is 2. The fourth-order valence-corrected chi connectivity index (χ4v) is 3.91. The van der Waals surface area contributed by atoms with Crippen LogP contribution < -0.4 is 20.3 Å². The first-order chi connectivity index (χ1) is 15.2. The summed E-state index contributed by atoms with van der Waals surface area (Å²) in [4.78, 5) is 24.8. The van der Waals surface area contributed by atoms with Crippen LogP contribution in [0.4, 0.5) is 0 Å². The van der Waals surface area contributed by atoms with Crippen molar-refractivity contribution in [3.05, 3.63) is 82.8 Å². The Balaban J connectivity index is 1.63. The SMILES string of the molecule is CNS(=O)(=O)c1cc(C(=O)NNC(=O)c2ccc(COc3ccccc3)o2)cc(C)c1C. The molecule has 0 radical (unpaired) electrons. The number of ether oxygens (including phenoxy) is 1. The lowest BCUT2D eigenvalue weighted by Crippen LogP contribution is -2.41. The second-order valence-corrected chi connectivity index (χ2v) is 8.75. The standard InChI is InChI=1S/C22H23N3O6S/c1-14-11-16(12-20(15(14)2)32(28,29)23-3)21(26)24-25-22(27)19-10-9-18(31-19)13-30-17-7-5-4-6-8-17/h4-12,23H,13H2,1-3H3,(H,24,26)(H,25,27). The average molecular weight is 458 g/mol. The van der Waals surface area contributed by atoms with Crippen molar-refractivity contribution >= 4 is 21.8 Å². The zero-order chi connectivity index (χ0) is 23.3. The summed E-state index contributed by atoms with van der Waals surface area (Å²) in [5.74, 6) is -0.267. The van der Waals surface area contributed by atoms with E-state index < -0.39 is 21.8 Å². The lowest BCUT2D eigenvalue weighted by atomic mass is 10.1. The van der Waals surface area contributed by atoms with Gasteiger partial charge in [-0.3, -0.25) is 20.4 Å². The molecular formula is C22H23N3O6S. The van der Waals surface area contributed by atoms with Crippen molar-refractivity contribution in [2.45, 2.75) is 25.3 Å². The molecule has 0 fully saturated rings. The summed E-state index contributed by atoms with van der Waals surface area (Å²) in [5, 5.41) is 0. The van der Waals surface area contributed by atoms with Crippen LogP contribution in [0.2, 0.25) is 0 Å². The molecule has 0 aliphatic carbocycles. The number of sulfonamides is 1. The van der Waals surface area contributed by atoms with E-state index in [1.165, 1.54) is 25.2 Å². The van der Waals surface area contributed by atoms with Gasteiger partial charge in [0.25, 0.3) is 5.91 Å². The minimum absolute atomic E-state index is 0.00873. The average Bonchev–Trinajstić information content (AvgIpc) is 3.27. The monoisotopic (exact) mass is 457 g/mol. The number of nitrogens with one attached hydrogen (secondary N) is 3. The number of hydrogen-bond donors (Lipinski definition) is 3. The van der Waals surface area contributed by atoms with Gasteiger partial charge in [0.2, 0.25) is 10.0 Å². The molecule has 0 saturated heterocycles. The van der Waals surface area contributed by atoms with E-state index in [1.807, 2.05) is 18.2 Å². The third-order valence-electron chi connectivity index (χ3n) is 4.74. The van der Waals surface area contributed by atoms with Crippen LogP contribution in [0.5, 0.6) is 5.75 Å². The van der Waals surface area contributed by atoms with Crippen molar-refractivity contribution in [1.82, 2.24) is 15.6 Å². The van der Waals surface area contributed by atoms with Gasteiger partial charge < -0.3 is 9.15 Å². The number of hydrazine groups is 1. The number of benzene rings is 2. The first-order valence-corrected chi connectivity index (χ1v) is 11.1. The van der Waals surface area contributed by atoms with Gasteiger partial charge in [-0.2, -0.15) is 0 Å². The maximum atomic E-state index is 12.5. The van der Waals surface area contributed by atoms with Crippen LogP contribution in [0.1, 0.15) is 37.8 Å². The number of aryl methyl sites for hydroxylation is 1. The molecule has 1 heterocycles. The molecule has 32 heavy (non-hydrogen) atoms. The van der Waals surface area contributed by atoms with Crippen LogP contribution in [0.3, 0.4) is 0 Å². The minimum Gasteiger partial charge on any atom is -0.486 e. The number of carbonyl (C=O) groups excluding carboxylic acids is 2.